The van der Waals surface area contributed by atoms with Gasteiger partial charge in [0.1, 0.15) is 0 Å². The summed E-state index contributed by atoms with van der Waals surface area (Å²) >= 11 is 0. The zero-order valence-corrected chi connectivity index (χ0v) is 18.6. The van der Waals surface area contributed by atoms with Crippen LogP contribution in [0.3, 0.4) is 0 Å². The molecule has 2 aromatic carbocycles. The summed E-state index contributed by atoms with van der Waals surface area (Å²) in [5.41, 5.74) is 3.38. The van der Waals surface area contributed by atoms with Crippen molar-refractivity contribution < 1.29 is 13.2 Å². The van der Waals surface area contributed by atoms with Gasteiger partial charge in [-0.15, -0.1) is 0 Å². The summed E-state index contributed by atoms with van der Waals surface area (Å²) in [6.45, 7) is 10.7. The lowest BCUT2D eigenvalue weighted by molar-refractivity contribution is -0.121. The third-order valence-corrected chi connectivity index (χ3v) is 6.64. The smallest absolute Gasteiger partial charge is 0.261 e. The van der Waals surface area contributed by atoms with Crippen LogP contribution in [0.25, 0.3) is 0 Å². The van der Waals surface area contributed by atoms with Crippen molar-refractivity contribution in [3.63, 3.8) is 0 Å². The van der Waals surface area contributed by atoms with Crippen LogP contribution in [0.5, 0.6) is 0 Å². The Morgan fingerprint density at radius 2 is 1.72 bits per heavy atom. The van der Waals surface area contributed by atoms with Crippen LogP contribution in [0.2, 0.25) is 0 Å². The van der Waals surface area contributed by atoms with E-state index in [2.05, 4.69) is 25.5 Å². The third-order valence-electron chi connectivity index (χ3n) is 5.25. The highest BCUT2D eigenvalue weighted by atomic mass is 32.2. The van der Waals surface area contributed by atoms with E-state index in [-0.39, 0.29) is 22.1 Å². The van der Waals surface area contributed by atoms with E-state index in [0.29, 0.717) is 12.2 Å². The first kappa shape index (κ1) is 21.4. The SMILES string of the molecule is CC(C)C(=O)N1CCCc2ccc(NS(=O)(=O)c3ccc(C(C)(C)C)cc3)cc21. The molecule has 156 valence electrons. The lowest BCUT2D eigenvalue weighted by Crippen LogP contribution is -2.38. The van der Waals surface area contributed by atoms with Crippen LogP contribution in [0.4, 0.5) is 11.4 Å². The van der Waals surface area contributed by atoms with Crippen molar-refractivity contribution in [3.05, 3.63) is 53.6 Å². The van der Waals surface area contributed by atoms with Crippen molar-refractivity contribution in [2.75, 3.05) is 16.2 Å². The maximum atomic E-state index is 12.9. The van der Waals surface area contributed by atoms with Gasteiger partial charge in [-0.25, -0.2) is 8.42 Å². The van der Waals surface area contributed by atoms with Crippen molar-refractivity contribution >= 4 is 27.3 Å². The van der Waals surface area contributed by atoms with Gasteiger partial charge in [0.2, 0.25) is 5.91 Å². The largest absolute Gasteiger partial charge is 0.312 e. The van der Waals surface area contributed by atoms with Crippen molar-refractivity contribution in [1.82, 2.24) is 0 Å². The molecule has 29 heavy (non-hydrogen) atoms. The van der Waals surface area contributed by atoms with E-state index in [1.807, 2.05) is 32.0 Å². The van der Waals surface area contributed by atoms with Crippen LogP contribution in [-0.2, 0) is 26.7 Å². The number of amides is 1. The molecule has 1 amide bonds. The minimum Gasteiger partial charge on any atom is -0.312 e. The predicted molar refractivity (Wildman–Crippen MR) is 118 cm³/mol. The molecule has 1 N–H and O–H groups in total. The Kier molecular flexibility index (Phi) is 5.77. The fourth-order valence-corrected chi connectivity index (χ4v) is 4.58. The van der Waals surface area contributed by atoms with E-state index in [1.165, 1.54) is 0 Å². The number of sulfonamides is 1. The van der Waals surface area contributed by atoms with Gasteiger partial charge in [-0.05, 0) is 53.6 Å². The average Bonchev–Trinajstić information content (AvgIpc) is 2.66. The molecule has 1 aliphatic heterocycles. The zero-order chi connectivity index (χ0) is 21.4. The number of fused-ring (bicyclic) bond motifs is 1. The summed E-state index contributed by atoms with van der Waals surface area (Å²) in [6.07, 6.45) is 1.80. The van der Waals surface area contributed by atoms with Crippen LogP contribution in [0.15, 0.2) is 47.4 Å². The van der Waals surface area contributed by atoms with Crippen LogP contribution < -0.4 is 9.62 Å². The Bertz CT molecular complexity index is 1000. The van der Waals surface area contributed by atoms with E-state index in [1.54, 1.807) is 29.2 Å². The van der Waals surface area contributed by atoms with Gasteiger partial charge in [-0.3, -0.25) is 9.52 Å². The molecule has 0 spiro atoms. The van der Waals surface area contributed by atoms with Gasteiger partial charge >= 0.3 is 0 Å². The Labute approximate surface area is 174 Å². The van der Waals surface area contributed by atoms with E-state index in [0.717, 1.165) is 29.7 Å². The number of carbonyl (C=O) groups is 1. The van der Waals surface area contributed by atoms with E-state index < -0.39 is 10.0 Å². The molecule has 5 nitrogen and oxygen atoms in total. The van der Waals surface area contributed by atoms with Gasteiger partial charge < -0.3 is 4.90 Å². The van der Waals surface area contributed by atoms with Crippen LogP contribution in [0, 0.1) is 5.92 Å². The molecule has 0 atom stereocenters. The van der Waals surface area contributed by atoms with Crippen LogP contribution in [-0.4, -0.2) is 20.9 Å². The third kappa shape index (κ3) is 4.64. The second-order valence-electron chi connectivity index (χ2n) is 8.97. The van der Waals surface area contributed by atoms with Crippen LogP contribution in [0.1, 0.15) is 52.2 Å². The first-order valence-corrected chi connectivity index (χ1v) is 11.5. The van der Waals surface area contributed by atoms with Gasteiger partial charge in [-0.1, -0.05) is 52.8 Å². The molecule has 3 rings (SSSR count). The number of rotatable bonds is 4. The first-order chi connectivity index (χ1) is 13.5. The summed E-state index contributed by atoms with van der Waals surface area (Å²) in [7, 11) is -3.71. The van der Waals surface area contributed by atoms with Gasteiger partial charge in [-0.2, -0.15) is 0 Å². The maximum Gasteiger partial charge on any atom is 0.261 e. The number of aryl methyl sites for hydroxylation is 1. The van der Waals surface area contributed by atoms with E-state index in [4.69, 9.17) is 0 Å². The van der Waals surface area contributed by atoms with E-state index >= 15 is 0 Å². The molecule has 0 aliphatic carbocycles. The molecular formula is C23H30N2O3S. The number of benzene rings is 2. The monoisotopic (exact) mass is 414 g/mol. The second kappa shape index (κ2) is 7.82. The summed E-state index contributed by atoms with van der Waals surface area (Å²) in [6, 6.07) is 12.4. The Morgan fingerprint density at radius 1 is 1.07 bits per heavy atom. The fraction of sp³-hybridized carbons (Fsp3) is 0.435. The lowest BCUT2D eigenvalue weighted by Gasteiger charge is -2.31. The number of carbonyl (C=O) groups excluding carboxylic acids is 1. The van der Waals surface area contributed by atoms with E-state index in [9.17, 15) is 13.2 Å². The molecule has 1 aliphatic rings. The molecular weight excluding hydrogens is 384 g/mol. The molecule has 0 unspecified atom stereocenters. The molecule has 6 heteroatoms. The number of hydrogen-bond acceptors (Lipinski definition) is 3. The summed E-state index contributed by atoms with van der Waals surface area (Å²) < 4.78 is 28.4. The molecule has 0 radical (unpaired) electrons. The molecule has 0 saturated carbocycles. The highest BCUT2D eigenvalue weighted by molar-refractivity contribution is 7.92. The minimum atomic E-state index is -3.71. The molecule has 0 saturated heterocycles. The van der Waals surface area contributed by atoms with Gasteiger partial charge in [0, 0.05) is 18.2 Å². The second-order valence-corrected chi connectivity index (χ2v) is 10.7. The quantitative estimate of drug-likeness (QED) is 0.787. The number of nitrogens with zero attached hydrogens (tertiary/aromatic N) is 1. The lowest BCUT2D eigenvalue weighted by atomic mass is 9.87. The number of hydrogen-bond donors (Lipinski definition) is 1. The van der Waals surface area contributed by atoms with Gasteiger partial charge in [0.15, 0.2) is 0 Å². The molecule has 0 bridgehead atoms. The minimum absolute atomic E-state index is 0.0410. The standard InChI is InChI=1S/C23H30N2O3S/c1-16(2)22(26)25-14-6-7-17-8-11-19(15-21(17)25)24-29(27,28)20-12-9-18(10-13-20)23(3,4)5/h8-13,15-16,24H,6-7,14H2,1-5H3. The van der Waals surface area contributed by atoms with Crippen molar-refractivity contribution in [1.29, 1.82) is 0 Å². The molecule has 2 aromatic rings. The molecule has 0 aromatic heterocycles. The van der Waals surface area contributed by atoms with Gasteiger partial charge in [0.05, 0.1) is 10.6 Å². The Morgan fingerprint density at radius 3 is 2.31 bits per heavy atom. The van der Waals surface area contributed by atoms with Crippen molar-refractivity contribution in [2.24, 2.45) is 5.92 Å². The fourth-order valence-electron chi connectivity index (χ4n) is 3.53. The Hall–Kier alpha value is -2.34. The predicted octanol–water partition coefficient (Wildman–Crippen LogP) is 4.72. The summed E-state index contributed by atoms with van der Waals surface area (Å²) in [5, 5.41) is 0. The highest BCUT2D eigenvalue weighted by Crippen LogP contribution is 2.32. The molecule has 0 fully saturated rings. The normalized spacial score (nSPS) is 14.6. The van der Waals surface area contributed by atoms with Crippen molar-refractivity contribution in [3.8, 4) is 0 Å². The number of anilines is 2. The Balaban J connectivity index is 1.88. The average molecular weight is 415 g/mol. The number of nitrogens with one attached hydrogen (secondary N) is 1. The first-order valence-electron chi connectivity index (χ1n) is 10.1. The van der Waals surface area contributed by atoms with Crippen LogP contribution >= 0.6 is 0 Å². The summed E-state index contributed by atoms with van der Waals surface area (Å²) in [5.74, 6) is -0.0497. The highest BCUT2D eigenvalue weighted by Gasteiger charge is 2.25. The molecule has 1 heterocycles. The zero-order valence-electron chi connectivity index (χ0n) is 17.8. The summed E-state index contributed by atoms with van der Waals surface area (Å²) in [4.78, 5) is 14.6. The maximum absolute atomic E-state index is 12.9. The van der Waals surface area contributed by atoms with Crippen molar-refractivity contribution in [2.45, 2.75) is 57.8 Å². The van der Waals surface area contributed by atoms with Gasteiger partial charge in [0.25, 0.3) is 10.0 Å². The topological polar surface area (TPSA) is 66.5 Å².